The van der Waals surface area contributed by atoms with Gasteiger partial charge in [-0.3, -0.25) is 4.98 Å². The van der Waals surface area contributed by atoms with Crippen molar-refractivity contribution in [2.75, 3.05) is 0 Å². The molecule has 4 nitrogen and oxygen atoms in total. The summed E-state index contributed by atoms with van der Waals surface area (Å²) in [4.78, 5) is 20.5. The molecule has 2 aromatic rings. The summed E-state index contributed by atoms with van der Waals surface area (Å²) < 4.78 is 0. The Bertz CT molecular complexity index is 538. The quantitative estimate of drug-likeness (QED) is 0.475. The maximum Gasteiger partial charge on any atom is 0.335 e. The predicted molar refractivity (Wildman–Crippen MR) is 77.3 cm³/mol. The standard InChI is InChI=1S/C16H16N2O2/c1-2-7-15(19)20-18-16(13-8-4-3-5-9-13)14-10-6-11-17-12-14/h3-6,8-12H,2,7H2,1H3/b18-16+. The van der Waals surface area contributed by atoms with Crippen molar-refractivity contribution in [3.8, 4) is 0 Å². The number of benzene rings is 1. The first kappa shape index (κ1) is 13.9. The van der Waals surface area contributed by atoms with Crippen LogP contribution in [0.2, 0.25) is 0 Å². The van der Waals surface area contributed by atoms with E-state index in [4.69, 9.17) is 4.84 Å². The third-order valence-electron chi connectivity index (χ3n) is 2.68. The second-order valence-corrected chi connectivity index (χ2v) is 4.26. The molecule has 0 saturated carbocycles. The Kier molecular flexibility index (Phi) is 5.00. The Labute approximate surface area is 118 Å². The van der Waals surface area contributed by atoms with Crippen LogP contribution in [0.3, 0.4) is 0 Å². The Morgan fingerprint density at radius 3 is 2.55 bits per heavy atom. The molecule has 0 aliphatic rings. The van der Waals surface area contributed by atoms with E-state index in [-0.39, 0.29) is 5.97 Å². The first-order valence-electron chi connectivity index (χ1n) is 6.55. The van der Waals surface area contributed by atoms with Crippen molar-refractivity contribution in [1.29, 1.82) is 0 Å². The summed E-state index contributed by atoms with van der Waals surface area (Å²) in [6, 6.07) is 13.3. The summed E-state index contributed by atoms with van der Waals surface area (Å²) in [6.07, 6.45) is 4.48. The summed E-state index contributed by atoms with van der Waals surface area (Å²) in [5.74, 6) is -0.329. The molecule has 0 spiro atoms. The van der Waals surface area contributed by atoms with Crippen molar-refractivity contribution in [1.82, 2.24) is 4.98 Å². The molecule has 0 bridgehead atoms. The smallest absolute Gasteiger partial charge is 0.318 e. The lowest BCUT2D eigenvalue weighted by atomic mass is 10.0. The lowest BCUT2D eigenvalue weighted by Crippen LogP contribution is -2.07. The van der Waals surface area contributed by atoms with Gasteiger partial charge in [0.15, 0.2) is 0 Å². The second-order valence-electron chi connectivity index (χ2n) is 4.26. The topological polar surface area (TPSA) is 51.5 Å². The molecule has 0 radical (unpaired) electrons. The molecular weight excluding hydrogens is 252 g/mol. The summed E-state index contributed by atoms with van der Waals surface area (Å²) in [7, 11) is 0. The summed E-state index contributed by atoms with van der Waals surface area (Å²) >= 11 is 0. The van der Waals surface area contributed by atoms with E-state index in [9.17, 15) is 4.79 Å². The zero-order chi connectivity index (χ0) is 14.2. The minimum atomic E-state index is -0.329. The van der Waals surface area contributed by atoms with Gasteiger partial charge in [0.2, 0.25) is 0 Å². The normalized spacial score (nSPS) is 11.2. The van der Waals surface area contributed by atoms with Gasteiger partial charge in [0.05, 0.1) is 0 Å². The highest BCUT2D eigenvalue weighted by molar-refractivity contribution is 6.12. The van der Waals surface area contributed by atoms with E-state index in [0.29, 0.717) is 12.1 Å². The number of aromatic nitrogens is 1. The molecule has 0 aliphatic heterocycles. The fourth-order valence-corrected chi connectivity index (χ4v) is 1.72. The number of nitrogens with zero attached hydrogens (tertiary/aromatic N) is 2. The number of oxime groups is 1. The molecular formula is C16H16N2O2. The highest BCUT2D eigenvalue weighted by Crippen LogP contribution is 2.10. The van der Waals surface area contributed by atoms with Crippen LogP contribution in [0.25, 0.3) is 0 Å². The third kappa shape index (κ3) is 3.75. The molecule has 1 aromatic heterocycles. The third-order valence-corrected chi connectivity index (χ3v) is 2.68. The van der Waals surface area contributed by atoms with Gasteiger partial charge in [0.25, 0.3) is 0 Å². The molecule has 1 heterocycles. The monoisotopic (exact) mass is 268 g/mol. The molecule has 0 fully saturated rings. The second kappa shape index (κ2) is 7.19. The highest BCUT2D eigenvalue weighted by Gasteiger charge is 2.09. The van der Waals surface area contributed by atoms with Crippen LogP contribution in [0, 0.1) is 0 Å². The number of carbonyl (C=O) groups excluding carboxylic acids is 1. The molecule has 4 heteroatoms. The molecule has 1 aromatic carbocycles. The van der Waals surface area contributed by atoms with E-state index in [2.05, 4.69) is 10.1 Å². The van der Waals surface area contributed by atoms with Crippen LogP contribution in [-0.2, 0) is 9.63 Å². The van der Waals surface area contributed by atoms with E-state index in [1.54, 1.807) is 12.4 Å². The molecule has 102 valence electrons. The van der Waals surface area contributed by atoms with Crippen molar-refractivity contribution in [3.05, 3.63) is 66.0 Å². The average Bonchev–Trinajstić information content (AvgIpc) is 2.50. The molecule has 0 saturated heterocycles. The fourth-order valence-electron chi connectivity index (χ4n) is 1.72. The maximum atomic E-state index is 11.5. The van der Waals surface area contributed by atoms with Crippen LogP contribution in [0.1, 0.15) is 30.9 Å². The Hall–Kier alpha value is -2.49. The number of pyridine rings is 1. The molecule has 0 amide bonds. The van der Waals surface area contributed by atoms with Gasteiger partial charge in [-0.15, -0.1) is 0 Å². The summed E-state index contributed by atoms with van der Waals surface area (Å²) in [6.45, 7) is 1.92. The van der Waals surface area contributed by atoms with Gasteiger partial charge in [-0.1, -0.05) is 42.4 Å². The van der Waals surface area contributed by atoms with Gasteiger partial charge in [-0.2, -0.15) is 0 Å². The first-order chi connectivity index (χ1) is 9.81. The fraction of sp³-hybridized carbons (Fsp3) is 0.188. The Balaban J connectivity index is 2.30. The number of carbonyl (C=O) groups is 1. The SMILES string of the molecule is CCCC(=O)O/N=C(\c1ccccc1)c1cccnc1. The minimum absolute atomic E-state index is 0.329. The Morgan fingerprint density at radius 1 is 1.15 bits per heavy atom. The van der Waals surface area contributed by atoms with Gasteiger partial charge >= 0.3 is 5.97 Å². The molecule has 0 aliphatic carbocycles. The van der Waals surface area contributed by atoms with E-state index in [1.807, 2.05) is 49.4 Å². The first-order valence-corrected chi connectivity index (χ1v) is 6.55. The lowest BCUT2D eigenvalue weighted by Gasteiger charge is -2.06. The average molecular weight is 268 g/mol. The van der Waals surface area contributed by atoms with Crippen LogP contribution in [0.5, 0.6) is 0 Å². The van der Waals surface area contributed by atoms with Crippen molar-refractivity contribution in [3.63, 3.8) is 0 Å². The van der Waals surface area contributed by atoms with Crippen LogP contribution < -0.4 is 0 Å². The van der Waals surface area contributed by atoms with E-state index in [1.165, 1.54) is 0 Å². The van der Waals surface area contributed by atoms with Gasteiger partial charge in [-0.25, -0.2) is 4.79 Å². The van der Waals surface area contributed by atoms with Crippen molar-refractivity contribution in [2.24, 2.45) is 5.16 Å². The zero-order valence-corrected chi connectivity index (χ0v) is 11.3. The summed E-state index contributed by atoms with van der Waals surface area (Å²) in [5.41, 5.74) is 2.29. The van der Waals surface area contributed by atoms with Crippen molar-refractivity contribution >= 4 is 11.7 Å². The highest BCUT2D eigenvalue weighted by atomic mass is 16.7. The van der Waals surface area contributed by atoms with E-state index >= 15 is 0 Å². The van der Waals surface area contributed by atoms with Crippen LogP contribution in [-0.4, -0.2) is 16.7 Å². The van der Waals surface area contributed by atoms with Gasteiger partial charge in [-0.05, 0) is 18.6 Å². The largest absolute Gasteiger partial charge is 0.335 e. The molecule has 20 heavy (non-hydrogen) atoms. The van der Waals surface area contributed by atoms with E-state index in [0.717, 1.165) is 17.5 Å². The number of hydrogen-bond donors (Lipinski definition) is 0. The molecule has 0 atom stereocenters. The van der Waals surface area contributed by atoms with Crippen LogP contribution in [0.15, 0.2) is 60.0 Å². The van der Waals surface area contributed by atoms with Crippen LogP contribution in [0.4, 0.5) is 0 Å². The number of rotatable bonds is 5. The lowest BCUT2D eigenvalue weighted by molar-refractivity contribution is -0.143. The van der Waals surface area contributed by atoms with Crippen molar-refractivity contribution < 1.29 is 9.63 Å². The minimum Gasteiger partial charge on any atom is -0.318 e. The van der Waals surface area contributed by atoms with Gasteiger partial charge in [0, 0.05) is 29.9 Å². The van der Waals surface area contributed by atoms with Crippen LogP contribution >= 0.6 is 0 Å². The predicted octanol–water partition coefficient (Wildman–Crippen LogP) is 3.18. The molecule has 2 rings (SSSR count). The number of hydrogen-bond acceptors (Lipinski definition) is 4. The molecule has 0 N–H and O–H groups in total. The maximum absolute atomic E-state index is 11.5. The van der Waals surface area contributed by atoms with Gasteiger partial charge < -0.3 is 4.84 Å². The van der Waals surface area contributed by atoms with Crippen molar-refractivity contribution in [2.45, 2.75) is 19.8 Å². The zero-order valence-electron chi connectivity index (χ0n) is 11.3. The molecule has 0 unspecified atom stereocenters. The van der Waals surface area contributed by atoms with Gasteiger partial charge in [0.1, 0.15) is 5.71 Å². The van der Waals surface area contributed by atoms with E-state index < -0.39 is 0 Å². The Morgan fingerprint density at radius 2 is 1.90 bits per heavy atom. The summed E-state index contributed by atoms with van der Waals surface area (Å²) in [5, 5.41) is 4.01.